The molecule has 0 saturated heterocycles. The summed E-state index contributed by atoms with van der Waals surface area (Å²) in [4.78, 5) is -0.545. The number of nitrogens with zero attached hydrogens (tertiary/aromatic N) is 1. The molecule has 0 amide bonds. The summed E-state index contributed by atoms with van der Waals surface area (Å²) in [5.74, 6) is -0.626. The minimum Gasteiger partial charge on any atom is -0.433 e. The lowest BCUT2D eigenvalue weighted by molar-refractivity contribution is -0.0518. The van der Waals surface area contributed by atoms with E-state index in [0.29, 0.717) is 0 Å². The zero-order valence-electron chi connectivity index (χ0n) is 8.65. The van der Waals surface area contributed by atoms with Gasteiger partial charge in [0.05, 0.1) is 11.6 Å². The molecule has 0 bridgehead atoms. The molecule has 0 aliphatic rings. The van der Waals surface area contributed by atoms with Crippen LogP contribution in [0.15, 0.2) is 17.0 Å². The van der Waals surface area contributed by atoms with Crippen molar-refractivity contribution in [1.82, 2.24) is 0 Å². The molecular weight excluding hydrogens is 254 g/mol. The minimum atomic E-state index is -4.20. The number of alkyl halides is 2. The van der Waals surface area contributed by atoms with E-state index in [1.54, 1.807) is 6.07 Å². The van der Waals surface area contributed by atoms with Crippen LogP contribution in [0.4, 0.5) is 8.78 Å². The molecule has 1 aromatic rings. The molecule has 0 saturated carbocycles. The highest BCUT2D eigenvalue weighted by Gasteiger charge is 2.21. The third-order valence-electron chi connectivity index (χ3n) is 1.87. The van der Waals surface area contributed by atoms with E-state index < -0.39 is 27.3 Å². The zero-order valence-corrected chi connectivity index (χ0v) is 9.46. The van der Waals surface area contributed by atoms with E-state index in [1.165, 1.54) is 13.0 Å². The second-order valence-electron chi connectivity index (χ2n) is 3.16. The SMILES string of the molecule is Cc1cc(C#N)cc(OC(F)F)c1S(N)(=O)=O. The highest BCUT2D eigenvalue weighted by molar-refractivity contribution is 7.89. The number of nitriles is 1. The molecule has 1 rings (SSSR count). The molecule has 0 fully saturated rings. The molecule has 1 aromatic carbocycles. The maximum atomic E-state index is 12.1. The molecular formula is C9H8F2N2O3S. The van der Waals surface area contributed by atoms with Crippen LogP contribution in [0.5, 0.6) is 5.75 Å². The Kier molecular flexibility index (Phi) is 3.65. The molecule has 2 N–H and O–H groups in total. The summed E-state index contributed by atoms with van der Waals surface area (Å²) in [5.41, 5.74) is 0.0766. The lowest BCUT2D eigenvalue weighted by Crippen LogP contribution is -2.17. The van der Waals surface area contributed by atoms with Crippen molar-refractivity contribution in [2.45, 2.75) is 18.4 Å². The molecule has 8 heteroatoms. The lowest BCUT2D eigenvalue weighted by Gasteiger charge is -2.11. The number of ether oxygens (including phenoxy) is 1. The Bertz CT molecular complexity index is 579. The van der Waals surface area contributed by atoms with Crippen LogP contribution in [-0.2, 0) is 10.0 Å². The zero-order chi connectivity index (χ0) is 13.2. The van der Waals surface area contributed by atoms with Gasteiger partial charge in [0.1, 0.15) is 10.6 Å². The van der Waals surface area contributed by atoms with Gasteiger partial charge >= 0.3 is 6.61 Å². The Morgan fingerprint density at radius 3 is 2.47 bits per heavy atom. The van der Waals surface area contributed by atoms with Crippen LogP contribution in [0.2, 0.25) is 0 Å². The van der Waals surface area contributed by atoms with Gasteiger partial charge in [-0.3, -0.25) is 0 Å². The van der Waals surface area contributed by atoms with Gasteiger partial charge in [0.2, 0.25) is 10.0 Å². The van der Waals surface area contributed by atoms with Crippen LogP contribution in [0.25, 0.3) is 0 Å². The number of halogens is 2. The van der Waals surface area contributed by atoms with E-state index in [9.17, 15) is 17.2 Å². The average molecular weight is 262 g/mol. The molecule has 92 valence electrons. The number of primary sulfonamides is 1. The van der Waals surface area contributed by atoms with E-state index >= 15 is 0 Å². The second-order valence-corrected chi connectivity index (χ2v) is 4.65. The quantitative estimate of drug-likeness (QED) is 0.883. The maximum Gasteiger partial charge on any atom is 0.387 e. The van der Waals surface area contributed by atoms with Crippen molar-refractivity contribution in [2.75, 3.05) is 0 Å². The van der Waals surface area contributed by atoms with E-state index in [1.807, 2.05) is 0 Å². The van der Waals surface area contributed by atoms with Gasteiger partial charge in [0, 0.05) is 0 Å². The number of hydrogen-bond donors (Lipinski definition) is 1. The van der Waals surface area contributed by atoms with Crippen LogP contribution in [-0.4, -0.2) is 15.0 Å². The smallest absolute Gasteiger partial charge is 0.387 e. The fourth-order valence-corrected chi connectivity index (χ4v) is 2.25. The summed E-state index contributed by atoms with van der Waals surface area (Å²) in [7, 11) is -4.20. The van der Waals surface area contributed by atoms with Crippen LogP contribution in [0, 0.1) is 18.3 Å². The van der Waals surface area contributed by atoms with Crippen molar-refractivity contribution in [3.05, 3.63) is 23.3 Å². The van der Waals surface area contributed by atoms with Crippen molar-refractivity contribution < 1.29 is 21.9 Å². The molecule has 0 aliphatic carbocycles. The number of aryl methyl sites for hydroxylation is 1. The summed E-state index contributed by atoms with van der Waals surface area (Å²) in [6.07, 6.45) is 0. The van der Waals surface area contributed by atoms with Crippen LogP contribution < -0.4 is 9.88 Å². The number of hydrogen-bond acceptors (Lipinski definition) is 4. The predicted octanol–water partition coefficient (Wildman–Crippen LogP) is 1.12. The first-order chi connectivity index (χ1) is 7.75. The predicted molar refractivity (Wildman–Crippen MR) is 53.9 cm³/mol. The average Bonchev–Trinajstić information content (AvgIpc) is 2.13. The number of sulfonamides is 1. The Morgan fingerprint density at radius 1 is 1.47 bits per heavy atom. The Hall–Kier alpha value is -1.72. The van der Waals surface area contributed by atoms with Gasteiger partial charge in [-0.25, -0.2) is 13.6 Å². The summed E-state index contributed by atoms with van der Waals surface area (Å²) >= 11 is 0. The fourth-order valence-electron chi connectivity index (χ4n) is 1.35. The number of benzene rings is 1. The molecule has 0 unspecified atom stereocenters. The van der Waals surface area contributed by atoms with Gasteiger partial charge in [-0.2, -0.15) is 14.0 Å². The molecule has 17 heavy (non-hydrogen) atoms. The van der Waals surface area contributed by atoms with Gasteiger partial charge < -0.3 is 4.74 Å². The Morgan fingerprint density at radius 2 is 2.06 bits per heavy atom. The topological polar surface area (TPSA) is 93.2 Å². The van der Waals surface area contributed by atoms with Crippen LogP contribution >= 0.6 is 0 Å². The van der Waals surface area contributed by atoms with Crippen LogP contribution in [0.1, 0.15) is 11.1 Å². The number of nitrogens with two attached hydrogens (primary N) is 1. The highest BCUT2D eigenvalue weighted by atomic mass is 32.2. The fraction of sp³-hybridized carbons (Fsp3) is 0.222. The van der Waals surface area contributed by atoms with Crippen molar-refractivity contribution in [2.24, 2.45) is 5.14 Å². The molecule has 0 radical (unpaired) electrons. The first-order valence-electron chi connectivity index (χ1n) is 4.28. The largest absolute Gasteiger partial charge is 0.433 e. The monoisotopic (exact) mass is 262 g/mol. The molecule has 0 heterocycles. The first-order valence-corrected chi connectivity index (χ1v) is 5.82. The summed E-state index contributed by atoms with van der Waals surface area (Å²) < 4.78 is 50.7. The van der Waals surface area contributed by atoms with Gasteiger partial charge in [0.25, 0.3) is 0 Å². The van der Waals surface area contributed by atoms with E-state index in [2.05, 4.69) is 4.74 Å². The lowest BCUT2D eigenvalue weighted by atomic mass is 10.1. The molecule has 5 nitrogen and oxygen atoms in total. The first kappa shape index (κ1) is 13.3. The van der Waals surface area contributed by atoms with E-state index in [0.717, 1.165) is 6.07 Å². The van der Waals surface area contributed by atoms with Crippen molar-refractivity contribution in [1.29, 1.82) is 5.26 Å². The molecule has 0 aromatic heterocycles. The Labute approximate surface area is 96.5 Å². The normalized spacial score (nSPS) is 11.3. The molecule has 0 aliphatic heterocycles. The Balaban J connectivity index is 3.52. The summed E-state index contributed by atoms with van der Waals surface area (Å²) in [6, 6.07) is 3.82. The standard InChI is InChI=1S/C9H8F2N2O3S/c1-5-2-6(4-12)3-7(16-9(10)11)8(5)17(13,14)15/h2-3,9H,1H3,(H2,13,14,15). The van der Waals surface area contributed by atoms with E-state index in [-0.39, 0.29) is 11.1 Å². The van der Waals surface area contributed by atoms with Crippen molar-refractivity contribution in [3.63, 3.8) is 0 Å². The third-order valence-corrected chi connectivity index (χ3v) is 2.96. The molecule has 0 atom stereocenters. The van der Waals surface area contributed by atoms with Gasteiger partial charge in [-0.15, -0.1) is 0 Å². The maximum absolute atomic E-state index is 12.1. The van der Waals surface area contributed by atoms with Crippen molar-refractivity contribution in [3.8, 4) is 11.8 Å². The van der Waals surface area contributed by atoms with Crippen molar-refractivity contribution >= 4 is 10.0 Å². The van der Waals surface area contributed by atoms with Gasteiger partial charge in [-0.05, 0) is 24.6 Å². The van der Waals surface area contributed by atoms with Crippen LogP contribution in [0.3, 0.4) is 0 Å². The van der Waals surface area contributed by atoms with E-state index in [4.69, 9.17) is 10.4 Å². The third kappa shape index (κ3) is 3.12. The number of rotatable bonds is 3. The highest BCUT2D eigenvalue weighted by Crippen LogP contribution is 2.29. The molecule has 0 spiro atoms. The van der Waals surface area contributed by atoms with Gasteiger partial charge in [-0.1, -0.05) is 0 Å². The second kappa shape index (κ2) is 4.65. The summed E-state index contributed by atoms with van der Waals surface area (Å²) in [6.45, 7) is -1.87. The van der Waals surface area contributed by atoms with Gasteiger partial charge in [0.15, 0.2) is 0 Å². The minimum absolute atomic E-state index is 0.00514. The summed E-state index contributed by atoms with van der Waals surface area (Å²) in [5, 5.41) is 13.5.